The van der Waals surface area contributed by atoms with E-state index in [1.54, 1.807) is 6.92 Å². The molecule has 0 aromatic heterocycles. The number of guanidine groups is 1. The molecule has 0 spiro atoms. The molecule has 1 rings (SSSR count). The Bertz CT molecular complexity index is 338. The van der Waals surface area contributed by atoms with Crippen molar-refractivity contribution in [2.45, 2.75) is 13.0 Å². The topological polar surface area (TPSA) is 94.0 Å². The van der Waals surface area contributed by atoms with Gasteiger partial charge < -0.3 is 10.4 Å². The van der Waals surface area contributed by atoms with Crippen molar-refractivity contribution in [1.29, 1.82) is 0 Å². The Labute approximate surface area is 89.2 Å². The van der Waals surface area contributed by atoms with Gasteiger partial charge >= 0.3 is 0 Å². The van der Waals surface area contributed by atoms with Crippen molar-refractivity contribution in [2.75, 3.05) is 26.1 Å². The van der Waals surface area contributed by atoms with Gasteiger partial charge in [-0.1, -0.05) is 0 Å². The highest BCUT2D eigenvalue weighted by atomic mass is 32.2. The molecule has 1 atom stereocenters. The predicted molar refractivity (Wildman–Crippen MR) is 56.7 cm³/mol. The molecule has 0 aliphatic carbocycles. The fourth-order valence-corrected chi connectivity index (χ4v) is 1.69. The van der Waals surface area contributed by atoms with Crippen LogP contribution in [0, 0.1) is 0 Å². The number of nitrogens with zero attached hydrogens (tertiary/aromatic N) is 2. The second-order valence-corrected chi connectivity index (χ2v) is 5.31. The molecule has 0 aromatic carbocycles. The number of hydrogen-bond acceptors (Lipinski definition) is 6. The summed E-state index contributed by atoms with van der Waals surface area (Å²) in [5.74, 6) is 0.249. The number of aliphatic imine (C=N–C) groups is 1. The van der Waals surface area contributed by atoms with Crippen LogP contribution in [0.15, 0.2) is 4.99 Å². The van der Waals surface area contributed by atoms with E-state index in [0.29, 0.717) is 19.9 Å². The van der Waals surface area contributed by atoms with E-state index < -0.39 is 16.1 Å². The molecule has 0 amide bonds. The van der Waals surface area contributed by atoms with Crippen molar-refractivity contribution >= 4 is 16.0 Å². The molecule has 0 fully saturated rings. The first-order valence-corrected chi connectivity index (χ1v) is 6.42. The van der Waals surface area contributed by atoms with Gasteiger partial charge in [0, 0.05) is 6.54 Å². The molecule has 0 saturated heterocycles. The van der Waals surface area contributed by atoms with E-state index in [0.717, 1.165) is 6.26 Å². The lowest BCUT2D eigenvalue weighted by Crippen LogP contribution is -2.51. The van der Waals surface area contributed by atoms with Crippen LogP contribution in [0.5, 0.6) is 0 Å². The summed E-state index contributed by atoms with van der Waals surface area (Å²) < 4.78 is 24.0. The van der Waals surface area contributed by atoms with Crippen molar-refractivity contribution < 1.29 is 13.5 Å². The summed E-state index contributed by atoms with van der Waals surface area (Å²) in [7, 11) is -3.28. The summed E-state index contributed by atoms with van der Waals surface area (Å²) in [5, 5.41) is 11.9. The zero-order chi connectivity index (χ0) is 11.5. The van der Waals surface area contributed by atoms with Crippen molar-refractivity contribution in [2.24, 2.45) is 4.99 Å². The molecule has 7 nitrogen and oxygen atoms in total. The van der Waals surface area contributed by atoms with Gasteiger partial charge in [0.2, 0.25) is 16.0 Å². The van der Waals surface area contributed by atoms with Gasteiger partial charge in [-0.2, -0.15) is 0 Å². The second kappa shape index (κ2) is 4.77. The number of rotatable bonds is 3. The maximum atomic E-state index is 10.9. The lowest BCUT2D eigenvalue weighted by Gasteiger charge is -2.27. The third-order valence-corrected chi connectivity index (χ3v) is 2.27. The number of aliphatic hydroxyl groups excluding tert-OH is 1. The summed E-state index contributed by atoms with van der Waals surface area (Å²) in [6.07, 6.45) is 0.644. The first-order valence-electron chi connectivity index (χ1n) is 4.53. The number of aliphatic hydroxyl groups is 1. The Kier molecular flexibility index (Phi) is 3.89. The van der Waals surface area contributed by atoms with E-state index in [9.17, 15) is 8.42 Å². The van der Waals surface area contributed by atoms with Crippen LogP contribution in [-0.4, -0.2) is 56.6 Å². The van der Waals surface area contributed by atoms with Crippen LogP contribution in [0.25, 0.3) is 0 Å². The summed E-state index contributed by atoms with van der Waals surface area (Å²) in [6.45, 7) is 3.03. The molecule has 88 valence electrons. The molecule has 0 radical (unpaired) electrons. The first kappa shape index (κ1) is 12.2. The number of β-amino-alcohol motifs (C(OH)–C–C–N with tert-alkyl or cyclic N) is 1. The minimum atomic E-state index is -3.28. The fraction of sp³-hybridized carbons (Fsp3) is 0.857. The quantitative estimate of drug-likeness (QED) is 0.532. The molecule has 0 bridgehead atoms. The van der Waals surface area contributed by atoms with E-state index in [1.165, 1.54) is 0 Å². The second-order valence-electron chi connectivity index (χ2n) is 3.56. The normalized spacial score (nSPS) is 20.3. The standard InChI is InChI=1S/C7H16N4O3S/c1-6(12)3-11-4-8-7(9-5-11)10-15(2,13)14/h6,12H,3-5H2,1-2H3,(H2,8,9,10)/t6-/m0/s1. The third kappa shape index (κ3) is 4.96. The third-order valence-electron chi connectivity index (χ3n) is 1.70. The van der Waals surface area contributed by atoms with Crippen molar-refractivity contribution in [3.8, 4) is 0 Å². The number of nitrogens with one attached hydrogen (secondary N) is 2. The minimum Gasteiger partial charge on any atom is -0.392 e. The Morgan fingerprint density at radius 3 is 2.80 bits per heavy atom. The predicted octanol–water partition coefficient (Wildman–Crippen LogP) is -1.91. The van der Waals surface area contributed by atoms with Crippen molar-refractivity contribution in [3.63, 3.8) is 0 Å². The monoisotopic (exact) mass is 236 g/mol. The molecule has 0 aromatic rings. The first-order chi connectivity index (χ1) is 6.87. The van der Waals surface area contributed by atoms with Crippen molar-refractivity contribution in [3.05, 3.63) is 0 Å². The Morgan fingerprint density at radius 1 is 1.73 bits per heavy atom. The van der Waals surface area contributed by atoms with E-state index in [-0.39, 0.29) is 5.96 Å². The molecule has 15 heavy (non-hydrogen) atoms. The zero-order valence-corrected chi connectivity index (χ0v) is 9.58. The maximum Gasteiger partial charge on any atom is 0.232 e. The van der Waals surface area contributed by atoms with E-state index in [2.05, 4.69) is 15.0 Å². The van der Waals surface area contributed by atoms with Crippen LogP contribution in [0.2, 0.25) is 0 Å². The Morgan fingerprint density at radius 2 is 2.40 bits per heavy atom. The fourth-order valence-electron chi connectivity index (χ4n) is 1.20. The zero-order valence-electron chi connectivity index (χ0n) is 8.77. The molecule has 1 aliphatic heterocycles. The van der Waals surface area contributed by atoms with Crippen LogP contribution in [0.4, 0.5) is 0 Å². The van der Waals surface area contributed by atoms with Gasteiger partial charge in [0.25, 0.3) is 0 Å². The molecule has 1 heterocycles. The highest BCUT2D eigenvalue weighted by Crippen LogP contribution is 1.95. The Hall–Kier alpha value is -0.860. The van der Waals surface area contributed by atoms with Gasteiger partial charge in [0.15, 0.2) is 0 Å². The van der Waals surface area contributed by atoms with E-state index in [4.69, 9.17) is 5.11 Å². The molecule has 1 aliphatic rings. The smallest absolute Gasteiger partial charge is 0.232 e. The van der Waals surface area contributed by atoms with E-state index in [1.807, 2.05) is 4.90 Å². The van der Waals surface area contributed by atoms with Gasteiger partial charge in [-0.05, 0) is 6.92 Å². The van der Waals surface area contributed by atoms with Crippen LogP contribution >= 0.6 is 0 Å². The van der Waals surface area contributed by atoms with Crippen LogP contribution in [0.1, 0.15) is 6.92 Å². The highest BCUT2D eigenvalue weighted by Gasteiger charge is 2.15. The van der Waals surface area contributed by atoms with Gasteiger partial charge in [-0.15, -0.1) is 0 Å². The van der Waals surface area contributed by atoms with Gasteiger partial charge in [-0.25, -0.2) is 13.4 Å². The Balaban J connectivity index is 2.45. The highest BCUT2D eigenvalue weighted by molar-refractivity contribution is 7.89. The van der Waals surface area contributed by atoms with Crippen LogP contribution in [-0.2, 0) is 10.0 Å². The largest absolute Gasteiger partial charge is 0.392 e. The summed E-state index contributed by atoms with van der Waals surface area (Å²) in [6, 6.07) is 0. The van der Waals surface area contributed by atoms with Crippen LogP contribution in [0.3, 0.4) is 0 Å². The average molecular weight is 236 g/mol. The van der Waals surface area contributed by atoms with E-state index >= 15 is 0 Å². The summed E-state index contributed by atoms with van der Waals surface area (Å²) in [5.41, 5.74) is 0. The molecule has 0 saturated carbocycles. The molecular formula is C7H16N4O3S. The van der Waals surface area contributed by atoms with Crippen LogP contribution < -0.4 is 10.0 Å². The number of hydrogen-bond donors (Lipinski definition) is 3. The summed E-state index contributed by atoms with van der Waals surface area (Å²) >= 11 is 0. The molecule has 3 N–H and O–H groups in total. The lowest BCUT2D eigenvalue weighted by atomic mass is 10.4. The van der Waals surface area contributed by atoms with Gasteiger partial charge in [0.1, 0.15) is 0 Å². The lowest BCUT2D eigenvalue weighted by molar-refractivity contribution is 0.123. The molecule has 8 heteroatoms. The van der Waals surface area contributed by atoms with Gasteiger partial charge in [0.05, 0.1) is 25.7 Å². The van der Waals surface area contributed by atoms with Crippen molar-refractivity contribution in [1.82, 2.24) is 14.9 Å². The summed E-state index contributed by atoms with van der Waals surface area (Å²) in [4.78, 5) is 5.84. The minimum absolute atomic E-state index is 0.249. The molecular weight excluding hydrogens is 220 g/mol. The maximum absolute atomic E-state index is 10.9. The van der Waals surface area contributed by atoms with Gasteiger partial charge in [-0.3, -0.25) is 9.62 Å². The number of sulfonamides is 1. The molecule has 0 unspecified atom stereocenters. The SMILES string of the molecule is C[C@H](O)CN1CN=C(NS(C)(=O)=O)NC1. The average Bonchev–Trinajstić information content (AvgIpc) is 2.05.